The number of carbonyl (C=O) groups excluding carboxylic acids is 7. The molecule has 0 spiro atoms. The highest BCUT2D eigenvalue weighted by Crippen LogP contribution is 2.49. The third-order valence-corrected chi connectivity index (χ3v) is 7.31. The summed E-state index contributed by atoms with van der Waals surface area (Å²) in [6, 6.07) is 0. The minimum atomic E-state index is -5.34. The van der Waals surface area contributed by atoms with Gasteiger partial charge in [-0.3, -0.25) is 38.1 Å². The van der Waals surface area contributed by atoms with E-state index in [0.29, 0.717) is 0 Å². The maximum absolute atomic E-state index is 12.5. The summed E-state index contributed by atoms with van der Waals surface area (Å²) in [5, 5.41) is 0. The fourth-order valence-corrected chi connectivity index (χ4v) is 5.69. The van der Waals surface area contributed by atoms with Gasteiger partial charge in [-0.15, -0.1) is 0 Å². The van der Waals surface area contributed by atoms with Gasteiger partial charge in [0.2, 0.25) is 0 Å². The zero-order valence-corrected chi connectivity index (χ0v) is 27.3. The summed E-state index contributed by atoms with van der Waals surface area (Å²) in [4.78, 5) is 104. The Kier molecular flexibility index (Phi) is 14.2. The first-order valence-electron chi connectivity index (χ1n) is 13.9. The van der Waals surface area contributed by atoms with E-state index in [9.17, 15) is 47.9 Å². The number of esters is 7. The van der Waals surface area contributed by atoms with Crippen molar-refractivity contribution in [2.24, 2.45) is 0 Å². The van der Waals surface area contributed by atoms with Gasteiger partial charge in [0.1, 0.15) is 31.5 Å². The predicted octanol–water partition coefficient (Wildman–Crippen LogP) is -1.22. The SMILES string of the molecule is CC(=O)OC[C@H]1O[C@@H](O[C@H]2[C@H](OC(C)=O)[C@H](OC(C)=O)[C@@H](P(=O)(O)O)O[C@@H]2COC(C)=O)[C@H](OC(C)=O)[C@@H](OC(C)=O)[C@H]1OC(C)=O. The maximum atomic E-state index is 12.5. The molecule has 21 heteroatoms. The highest BCUT2D eigenvalue weighted by molar-refractivity contribution is 7.52. The van der Waals surface area contributed by atoms with Crippen molar-refractivity contribution in [3.05, 3.63) is 0 Å². The normalized spacial score (nSPS) is 30.6. The van der Waals surface area contributed by atoms with E-state index in [4.69, 9.17) is 47.4 Å². The molecule has 10 atom stereocenters. The Labute approximate surface area is 267 Å². The third kappa shape index (κ3) is 11.8. The van der Waals surface area contributed by atoms with Crippen LogP contribution in [0.15, 0.2) is 0 Å². The second-order valence-electron chi connectivity index (χ2n) is 10.3. The first kappa shape index (κ1) is 39.5. The van der Waals surface area contributed by atoms with Crippen LogP contribution in [0.3, 0.4) is 0 Å². The Morgan fingerprint density at radius 3 is 1.28 bits per heavy atom. The summed E-state index contributed by atoms with van der Waals surface area (Å²) in [5.41, 5.74) is 0. The molecular formula is C26H37O20P. The van der Waals surface area contributed by atoms with Crippen LogP contribution in [0.4, 0.5) is 0 Å². The van der Waals surface area contributed by atoms with Crippen LogP contribution in [0, 0.1) is 0 Å². The molecule has 0 aromatic carbocycles. The van der Waals surface area contributed by atoms with E-state index in [1.165, 1.54) is 0 Å². The maximum Gasteiger partial charge on any atom is 0.358 e. The van der Waals surface area contributed by atoms with Crippen LogP contribution in [-0.2, 0) is 85.5 Å². The minimum absolute atomic E-state index is 0.639. The Hall–Kier alpha value is -3.68. The number of ether oxygens (including phenoxy) is 10. The Morgan fingerprint density at radius 2 is 0.872 bits per heavy atom. The molecular weight excluding hydrogens is 663 g/mol. The lowest BCUT2D eigenvalue weighted by molar-refractivity contribution is -0.342. The van der Waals surface area contributed by atoms with Crippen LogP contribution in [0.5, 0.6) is 0 Å². The summed E-state index contributed by atoms with van der Waals surface area (Å²) in [6.45, 7) is 5.39. The van der Waals surface area contributed by atoms with Crippen molar-refractivity contribution in [3.63, 3.8) is 0 Å². The lowest BCUT2D eigenvalue weighted by atomic mass is 9.96. The van der Waals surface area contributed by atoms with Crippen LogP contribution >= 0.6 is 7.60 Å². The Bertz CT molecular complexity index is 1240. The second kappa shape index (κ2) is 16.9. The van der Waals surface area contributed by atoms with Gasteiger partial charge < -0.3 is 57.2 Å². The number of carbonyl (C=O) groups is 7. The quantitative estimate of drug-likeness (QED) is 0.137. The van der Waals surface area contributed by atoms with Crippen LogP contribution in [0.1, 0.15) is 48.5 Å². The van der Waals surface area contributed by atoms with Gasteiger partial charge >= 0.3 is 49.4 Å². The van der Waals surface area contributed by atoms with Crippen molar-refractivity contribution in [3.8, 4) is 0 Å². The molecule has 2 N–H and O–H groups in total. The highest BCUT2D eigenvalue weighted by Gasteiger charge is 2.59. The molecule has 0 unspecified atom stereocenters. The van der Waals surface area contributed by atoms with E-state index in [1.54, 1.807) is 0 Å². The summed E-state index contributed by atoms with van der Waals surface area (Å²) in [7, 11) is -5.34. The summed E-state index contributed by atoms with van der Waals surface area (Å²) >= 11 is 0. The van der Waals surface area contributed by atoms with E-state index in [0.717, 1.165) is 48.5 Å². The predicted molar refractivity (Wildman–Crippen MR) is 145 cm³/mol. The lowest BCUT2D eigenvalue weighted by Gasteiger charge is -2.48. The topological polar surface area (TPSA) is 269 Å². The van der Waals surface area contributed by atoms with Crippen LogP contribution < -0.4 is 0 Å². The average Bonchev–Trinajstić information content (AvgIpc) is 2.89. The fourth-order valence-electron chi connectivity index (χ4n) is 4.76. The molecule has 0 aromatic heterocycles. The van der Waals surface area contributed by atoms with E-state index in [-0.39, 0.29) is 0 Å². The van der Waals surface area contributed by atoms with E-state index >= 15 is 0 Å². The molecule has 0 bridgehead atoms. The van der Waals surface area contributed by atoms with Gasteiger partial charge in [-0.2, -0.15) is 0 Å². The van der Waals surface area contributed by atoms with Crippen molar-refractivity contribution in [2.45, 2.75) is 109 Å². The minimum Gasteiger partial charge on any atom is -0.463 e. The van der Waals surface area contributed by atoms with Gasteiger partial charge in [-0.1, -0.05) is 0 Å². The molecule has 2 aliphatic rings. The van der Waals surface area contributed by atoms with Crippen molar-refractivity contribution in [2.75, 3.05) is 13.2 Å². The molecule has 20 nitrogen and oxygen atoms in total. The smallest absolute Gasteiger partial charge is 0.358 e. The Balaban J connectivity index is 2.76. The monoisotopic (exact) mass is 700 g/mol. The molecule has 266 valence electrons. The van der Waals surface area contributed by atoms with Crippen LogP contribution in [0.2, 0.25) is 0 Å². The lowest BCUT2D eigenvalue weighted by Crippen LogP contribution is -2.67. The van der Waals surface area contributed by atoms with Crippen molar-refractivity contribution >= 4 is 49.4 Å². The van der Waals surface area contributed by atoms with E-state index in [1.807, 2.05) is 0 Å². The first-order valence-corrected chi connectivity index (χ1v) is 15.5. The van der Waals surface area contributed by atoms with Crippen molar-refractivity contribution < 1.29 is 95.3 Å². The van der Waals surface area contributed by atoms with Gasteiger partial charge in [0.25, 0.3) is 0 Å². The largest absolute Gasteiger partial charge is 0.463 e. The molecule has 47 heavy (non-hydrogen) atoms. The zero-order chi connectivity index (χ0) is 35.8. The van der Waals surface area contributed by atoms with Gasteiger partial charge in [0.15, 0.2) is 42.7 Å². The molecule has 2 saturated heterocycles. The summed E-state index contributed by atoms with van der Waals surface area (Å²) < 4.78 is 66.4. The molecule has 0 amide bonds. The molecule has 0 saturated carbocycles. The van der Waals surface area contributed by atoms with Gasteiger partial charge in [-0.05, 0) is 0 Å². The number of hydrogen-bond donors (Lipinski definition) is 2. The van der Waals surface area contributed by atoms with Crippen LogP contribution in [0.25, 0.3) is 0 Å². The van der Waals surface area contributed by atoms with Gasteiger partial charge in [0.05, 0.1) is 0 Å². The molecule has 2 rings (SSSR count). The third-order valence-electron chi connectivity index (χ3n) is 6.24. The number of hydrogen-bond acceptors (Lipinski definition) is 18. The van der Waals surface area contributed by atoms with E-state index in [2.05, 4.69) is 0 Å². The molecule has 0 aliphatic carbocycles. The molecule has 0 aromatic rings. The fraction of sp³-hybridized carbons (Fsp3) is 0.731. The highest BCUT2D eigenvalue weighted by atomic mass is 31.2. The molecule has 2 aliphatic heterocycles. The zero-order valence-electron chi connectivity index (χ0n) is 26.4. The van der Waals surface area contributed by atoms with Crippen molar-refractivity contribution in [1.82, 2.24) is 0 Å². The average molecular weight is 701 g/mol. The van der Waals surface area contributed by atoms with Crippen molar-refractivity contribution in [1.29, 1.82) is 0 Å². The van der Waals surface area contributed by atoms with Gasteiger partial charge in [-0.25, -0.2) is 0 Å². The van der Waals surface area contributed by atoms with Crippen LogP contribution in [-0.4, -0.2) is 126 Å². The second-order valence-corrected chi connectivity index (χ2v) is 12.0. The molecule has 2 fully saturated rings. The summed E-state index contributed by atoms with van der Waals surface area (Å²) in [6.07, 6.45) is -16.0. The van der Waals surface area contributed by atoms with Gasteiger partial charge in [0, 0.05) is 48.5 Å². The molecule has 2 heterocycles. The summed E-state index contributed by atoms with van der Waals surface area (Å²) in [5.74, 6) is -8.94. The first-order chi connectivity index (χ1) is 21.7. The Morgan fingerprint density at radius 1 is 0.511 bits per heavy atom. The number of rotatable bonds is 12. The molecule has 0 radical (unpaired) electrons. The standard InChI is InChI=1S/C26H37O20P/c1-10(27)37-8-17-19(39-12(3)29)21(40-13(4)30)23(42-15(6)32)25(44-17)46-20-18(9-38-11(2)28)45-26(47(34,35)36)24(43-16(7)33)22(20)41-14(5)31/h17-26H,8-9H2,1-7H3,(H2,34,35,36)/t17-,18-,19+,20-,21+,22+,23-,24+,25+,26-/m1/s1. The van der Waals surface area contributed by atoms with E-state index < -0.39 is 124 Å².